The Morgan fingerprint density at radius 3 is 2.46 bits per heavy atom. The van der Waals surface area contributed by atoms with Gasteiger partial charge >= 0.3 is 0 Å². The van der Waals surface area contributed by atoms with Crippen LogP contribution in [0.4, 0.5) is 0 Å². The fourth-order valence-corrected chi connectivity index (χ4v) is 3.96. The van der Waals surface area contributed by atoms with E-state index in [-0.39, 0.29) is 23.0 Å². The van der Waals surface area contributed by atoms with Crippen LogP contribution in [0.3, 0.4) is 0 Å². The largest absolute Gasteiger partial charge is 0.348 e. The molecule has 1 saturated heterocycles. The van der Waals surface area contributed by atoms with Crippen molar-refractivity contribution in [1.29, 1.82) is 0 Å². The van der Waals surface area contributed by atoms with Gasteiger partial charge in [0.2, 0.25) is 0 Å². The minimum Gasteiger partial charge on any atom is -0.348 e. The Kier molecular flexibility index (Phi) is 4.08. The van der Waals surface area contributed by atoms with Gasteiger partial charge in [0.15, 0.2) is 5.69 Å². The van der Waals surface area contributed by atoms with Gasteiger partial charge in [0, 0.05) is 22.5 Å². The highest BCUT2D eigenvalue weighted by Gasteiger charge is 2.38. The van der Waals surface area contributed by atoms with Crippen molar-refractivity contribution in [2.75, 3.05) is 0 Å². The second-order valence-electron chi connectivity index (χ2n) is 8.26. The Labute approximate surface area is 143 Å². The van der Waals surface area contributed by atoms with Crippen molar-refractivity contribution < 1.29 is 4.79 Å². The molecule has 1 amide bonds. The number of aryl methyl sites for hydroxylation is 1. The van der Waals surface area contributed by atoms with Crippen molar-refractivity contribution in [2.24, 2.45) is 0 Å². The first-order valence-corrected chi connectivity index (χ1v) is 8.48. The second kappa shape index (κ2) is 5.81. The maximum Gasteiger partial charge on any atom is 0.272 e. The molecule has 0 saturated carbocycles. The summed E-state index contributed by atoms with van der Waals surface area (Å²) in [6, 6.07) is 7.89. The van der Waals surface area contributed by atoms with Crippen LogP contribution in [0, 0.1) is 6.92 Å². The molecule has 3 rings (SSSR count). The molecule has 0 aliphatic carbocycles. The van der Waals surface area contributed by atoms with E-state index in [9.17, 15) is 4.79 Å². The number of hydrogen-bond donors (Lipinski definition) is 2. The predicted molar refractivity (Wildman–Crippen MR) is 96.1 cm³/mol. The van der Waals surface area contributed by atoms with Gasteiger partial charge in [0.05, 0.1) is 5.52 Å². The highest BCUT2D eigenvalue weighted by Crippen LogP contribution is 2.28. The van der Waals surface area contributed by atoms with Crippen LogP contribution in [0.5, 0.6) is 0 Å². The third-order valence-corrected chi connectivity index (χ3v) is 4.50. The Morgan fingerprint density at radius 1 is 1.12 bits per heavy atom. The quantitative estimate of drug-likeness (QED) is 0.890. The van der Waals surface area contributed by atoms with E-state index < -0.39 is 0 Å². The number of carbonyl (C=O) groups excluding carboxylic acids is 1. The lowest BCUT2D eigenvalue weighted by molar-refractivity contribution is 0.0867. The van der Waals surface area contributed by atoms with Gasteiger partial charge in [-0.1, -0.05) is 11.6 Å². The molecule has 0 bridgehead atoms. The zero-order chi connectivity index (χ0) is 17.5. The van der Waals surface area contributed by atoms with Crippen LogP contribution < -0.4 is 10.6 Å². The normalized spacial score (nSPS) is 20.0. The third kappa shape index (κ3) is 3.73. The van der Waals surface area contributed by atoms with Crippen LogP contribution >= 0.6 is 0 Å². The summed E-state index contributed by atoms with van der Waals surface area (Å²) in [5.74, 6) is -0.149. The zero-order valence-electron chi connectivity index (χ0n) is 15.1. The van der Waals surface area contributed by atoms with Crippen molar-refractivity contribution in [3.63, 3.8) is 0 Å². The number of amides is 1. The fourth-order valence-electron chi connectivity index (χ4n) is 3.96. The van der Waals surface area contributed by atoms with Crippen molar-refractivity contribution in [1.82, 2.24) is 20.8 Å². The zero-order valence-corrected chi connectivity index (χ0v) is 15.1. The molecule has 1 fully saturated rings. The highest BCUT2D eigenvalue weighted by molar-refractivity contribution is 5.95. The first-order valence-electron chi connectivity index (χ1n) is 8.48. The second-order valence-corrected chi connectivity index (χ2v) is 8.26. The predicted octanol–water partition coefficient (Wildman–Crippen LogP) is 2.98. The number of piperidine rings is 1. The molecule has 1 aromatic heterocycles. The molecular weight excluding hydrogens is 300 g/mol. The lowest BCUT2D eigenvalue weighted by Crippen LogP contribution is -2.62. The van der Waals surface area contributed by atoms with Gasteiger partial charge in [-0.15, -0.1) is 10.2 Å². The molecule has 2 heterocycles. The molecular formula is C19H26N4O. The summed E-state index contributed by atoms with van der Waals surface area (Å²) in [5.41, 5.74) is 2.31. The van der Waals surface area contributed by atoms with Gasteiger partial charge in [0.1, 0.15) is 0 Å². The maximum absolute atomic E-state index is 12.6. The number of carbonyl (C=O) groups is 1. The number of rotatable bonds is 2. The van der Waals surface area contributed by atoms with Gasteiger partial charge < -0.3 is 10.6 Å². The van der Waals surface area contributed by atoms with Gasteiger partial charge in [0.25, 0.3) is 5.91 Å². The van der Waals surface area contributed by atoms with E-state index in [0.717, 1.165) is 29.3 Å². The van der Waals surface area contributed by atoms with E-state index in [0.29, 0.717) is 5.69 Å². The van der Waals surface area contributed by atoms with Gasteiger partial charge in [-0.25, -0.2) is 0 Å². The molecule has 5 nitrogen and oxygen atoms in total. The number of benzene rings is 1. The third-order valence-electron chi connectivity index (χ3n) is 4.50. The van der Waals surface area contributed by atoms with E-state index in [1.807, 2.05) is 31.2 Å². The summed E-state index contributed by atoms with van der Waals surface area (Å²) in [7, 11) is 0. The number of hydrogen-bond acceptors (Lipinski definition) is 4. The number of nitrogens with one attached hydrogen (secondary N) is 2. The van der Waals surface area contributed by atoms with Crippen LogP contribution in [-0.4, -0.2) is 33.2 Å². The first-order chi connectivity index (χ1) is 11.1. The summed E-state index contributed by atoms with van der Waals surface area (Å²) in [6.07, 6.45) is 1.78. The van der Waals surface area contributed by atoms with Gasteiger partial charge in [-0.3, -0.25) is 4.79 Å². The molecule has 5 heteroatoms. The van der Waals surface area contributed by atoms with Crippen molar-refractivity contribution in [2.45, 2.75) is 64.6 Å². The molecule has 2 aromatic rings. The molecule has 0 spiro atoms. The van der Waals surface area contributed by atoms with Crippen LogP contribution in [-0.2, 0) is 0 Å². The summed E-state index contributed by atoms with van der Waals surface area (Å²) in [6.45, 7) is 10.7. The number of nitrogens with zero attached hydrogens (tertiary/aromatic N) is 2. The van der Waals surface area contributed by atoms with Gasteiger partial charge in [-0.05, 0) is 65.7 Å². The van der Waals surface area contributed by atoms with E-state index in [4.69, 9.17) is 0 Å². The number of fused-ring (bicyclic) bond motifs is 1. The lowest BCUT2D eigenvalue weighted by Gasteiger charge is -2.46. The van der Waals surface area contributed by atoms with Crippen molar-refractivity contribution in [3.05, 3.63) is 35.5 Å². The molecule has 0 atom stereocenters. The molecule has 128 valence electrons. The topological polar surface area (TPSA) is 66.9 Å². The Bertz CT molecular complexity index is 766. The van der Waals surface area contributed by atoms with E-state index >= 15 is 0 Å². The molecule has 0 radical (unpaired) electrons. The summed E-state index contributed by atoms with van der Waals surface area (Å²) >= 11 is 0. The monoisotopic (exact) mass is 326 g/mol. The van der Waals surface area contributed by atoms with E-state index in [1.165, 1.54) is 0 Å². The Balaban J connectivity index is 1.79. The van der Waals surface area contributed by atoms with Crippen LogP contribution in [0.15, 0.2) is 24.3 Å². The average Bonchev–Trinajstić information content (AvgIpc) is 2.42. The fraction of sp³-hybridized carbons (Fsp3) is 0.526. The molecule has 0 unspecified atom stereocenters. The summed E-state index contributed by atoms with van der Waals surface area (Å²) in [4.78, 5) is 12.6. The van der Waals surface area contributed by atoms with Crippen molar-refractivity contribution in [3.8, 4) is 0 Å². The van der Waals surface area contributed by atoms with Gasteiger partial charge in [-0.2, -0.15) is 0 Å². The van der Waals surface area contributed by atoms with E-state index in [1.54, 1.807) is 0 Å². The van der Waals surface area contributed by atoms with Crippen LogP contribution in [0.2, 0.25) is 0 Å². The standard InChI is InChI=1S/C19H26N4O/c1-12-6-7-15-13(8-12)9-16(22-21-15)17(24)20-14-10-18(2,3)23-19(4,5)11-14/h6-9,14,23H,10-11H2,1-5H3,(H,20,24). The molecule has 24 heavy (non-hydrogen) atoms. The molecule has 1 aliphatic heterocycles. The van der Waals surface area contributed by atoms with Crippen molar-refractivity contribution >= 4 is 16.8 Å². The smallest absolute Gasteiger partial charge is 0.272 e. The molecule has 1 aliphatic rings. The molecule has 1 aromatic carbocycles. The van der Waals surface area contributed by atoms with Crippen LogP contribution in [0.25, 0.3) is 10.9 Å². The number of aromatic nitrogens is 2. The lowest BCUT2D eigenvalue weighted by atomic mass is 9.79. The minimum absolute atomic E-state index is 0.00806. The SMILES string of the molecule is Cc1ccc2nnc(C(=O)NC3CC(C)(C)NC(C)(C)C3)cc2c1. The maximum atomic E-state index is 12.6. The summed E-state index contributed by atoms with van der Waals surface area (Å²) < 4.78 is 0. The van der Waals surface area contributed by atoms with Crippen LogP contribution in [0.1, 0.15) is 56.6 Å². The highest BCUT2D eigenvalue weighted by atomic mass is 16.2. The Morgan fingerprint density at radius 2 is 1.79 bits per heavy atom. The Hall–Kier alpha value is -2.01. The van der Waals surface area contributed by atoms with E-state index in [2.05, 4.69) is 48.5 Å². The minimum atomic E-state index is -0.149. The summed E-state index contributed by atoms with van der Waals surface area (Å²) in [5, 5.41) is 16.0. The first kappa shape index (κ1) is 16.8. The average molecular weight is 326 g/mol. The molecule has 2 N–H and O–H groups in total.